The summed E-state index contributed by atoms with van der Waals surface area (Å²) in [6.07, 6.45) is 6.79. The van der Waals surface area contributed by atoms with E-state index in [-0.39, 0.29) is 35.0 Å². The number of carbonyl (C=O) groups is 2. The van der Waals surface area contributed by atoms with Crippen LogP contribution in [0.1, 0.15) is 53.8 Å². The average Bonchev–Trinajstić information content (AvgIpc) is 3.33. The molecular formula is C28H26FN7O2. The van der Waals surface area contributed by atoms with E-state index in [1.165, 1.54) is 18.3 Å². The Hall–Kier alpha value is -4.52. The number of aromatic nitrogens is 5. The van der Waals surface area contributed by atoms with Gasteiger partial charge in [-0.15, -0.1) is 0 Å². The molecule has 0 spiro atoms. The number of hydrogen-bond donors (Lipinski definition) is 1. The van der Waals surface area contributed by atoms with Crippen LogP contribution >= 0.6 is 0 Å². The molecule has 1 amide bonds. The Balaban J connectivity index is 1.49. The second-order valence-corrected chi connectivity index (χ2v) is 9.74. The van der Waals surface area contributed by atoms with Crippen LogP contribution in [-0.4, -0.2) is 54.0 Å². The summed E-state index contributed by atoms with van der Waals surface area (Å²) in [5.41, 5.74) is 9.15. The molecule has 6 rings (SSSR count). The van der Waals surface area contributed by atoms with Crippen LogP contribution < -0.4 is 5.73 Å². The van der Waals surface area contributed by atoms with E-state index in [1.54, 1.807) is 22.0 Å². The van der Waals surface area contributed by atoms with Crippen molar-refractivity contribution in [2.45, 2.75) is 38.8 Å². The topological polar surface area (TPSA) is 112 Å². The number of ketones is 1. The number of likely N-dealkylation sites (tertiary alicyclic amines) is 1. The normalized spacial score (nSPS) is 17.1. The van der Waals surface area contributed by atoms with Crippen molar-refractivity contribution < 1.29 is 14.0 Å². The van der Waals surface area contributed by atoms with Crippen molar-refractivity contribution in [2.75, 3.05) is 18.8 Å². The van der Waals surface area contributed by atoms with E-state index in [9.17, 15) is 14.0 Å². The number of Topliss-reactive ketones (excluding diaryl/α,β-unsaturated/α-hetero) is 1. The minimum absolute atomic E-state index is 0.00295. The molecule has 4 heterocycles. The summed E-state index contributed by atoms with van der Waals surface area (Å²) in [4.78, 5) is 35.8. The Bertz CT molecular complexity index is 1700. The van der Waals surface area contributed by atoms with Gasteiger partial charge in [0.2, 0.25) is 5.91 Å². The van der Waals surface area contributed by atoms with E-state index in [1.807, 2.05) is 11.5 Å². The first kappa shape index (κ1) is 23.9. The molecule has 4 aromatic rings. The average molecular weight is 512 g/mol. The quantitative estimate of drug-likeness (QED) is 0.250. The molecule has 0 radical (unpaired) electrons. The van der Waals surface area contributed by atoms with Gasteiger partial charge < -0.3 is 15.2 Å². The van der Waals surface area contributed by atoms with E-state index >= 15 is 0 Å². The van der Waals surface area contributed by atoms with Crippen molar-refractivity contribution in [3.05, 3.63) is 59.9 Å². The van der Waals surface area contributed by atoms with Gasteiger partial charge in [0.1, 0.15) is 17.3 Å². The number of imidazole rings is 1. The molecule has 0 bridgehead atoms. The molecule has 1 saturated heterocycles. The summed E-state index contributed by atoms with van der Waals surface area (Å²) < 4.78 is 18.6. The molecule has 1 aromatic carbocycles. The lowest BCUT2D eigenvalue weighted by Crippen LogP contribution is -2.27. The van der Waals surface area contributed by atoms with Crippen molar-refractivity contribution in [3.8, 4) is 11.8 Å². The van der Waals surface area contributed by atoms with Gasteiger partial charge in [0.15, 0.2) is 5.78 Å². The summed E-state index contributed by atoms with van der Waals surface area (Å²) in [5, 5.41) is 5.23. The standard InChI is InChI=1S/C28H26FN7O2/c1-3-24(37)35-10-9-18(14-35)36-26-19(27(38)16-5-6-16)13-31-28(30)25(26)21(33-36)8-7-17-11-22-23(12-20(17)29)34(4-2)15-32-22/h3,11-13,15-16,18H,1,4-6,9-10,14H2,2H3,(H2,30,31)/t18-/m0/s1. The van der Waals surface area contributed by atoms with Crippen molar-refractivity contribution in [3.63, 3.8) is 0 Å². The van der Waals surface area contributed by atoms with E-state index in [0.29, 0.717) is 59.2 Å². The van der Waals surface area contributed by atoms with Crippen molar-refractivity contribution >= 4 is 39.4 Å². The van der Waals surface area contributed by atoms with E-state index < -0.39 is 5.82 Å². The summed E-state index contributed by atoms with van der Waals surface area (Å²) in [6, 6.07) is 2.86. The van der Waals surface area contributed by atoms with Gasteiger partial charge in [0.05, 0.1) is 45.4 Å². The van der Waals surface area contributed by atoms with Crippen molar-refractivity contribution in [1.29, 1.82) is 0 Å². The molecule has 1 atom stereocenters. The number of nitrogen functional groups attached to an aromatic ring is 1. The maximum absolute atomic E-state index is 15.0. The molecule has 10 heteroatoms. The fraction of sp³-hybridized carbons (Fsp3) is 0.321. The first-order valence-corrected chi connectivity index (χ1v) is 12.7. The molecule has 1 saturated carbocycles. The summed E-state index contributed by atoms with van der Waals surface area (Å²) in [6.45, 7) is 7.18. The number of halogens is 1. The monoisotopic (exact) mass is 511 g/mol. The van der Waals surface area contributed by atoms with Crippen LogP contribution in [0.3, 0.4) is 0 Å². The minimum atomic E-state index is -0.464. The van der Waals surface area contributed by atoms with Gasteiger partial charge in [-0.2, -0.15) is 5.10 Å². The van der Waals surface area contributed by atoms with Crippen molar-refractivity contribution in [1.82, 2.24) is 29.2 Å². The molecule has 192 valence electrons. The molecule has 2 fully saturated rings. The van der Waals surface area contributed by atoms with Gasteiger partial charge in [-0.3, -0.25) is 14.3 Å². The largest absolute Gasteiger partial charge is 0.383 e. The number of anilines is 1. The third-order valence-electron chi connectivity index (χ3n) is 7.33. The van der Waals surface area contributed by atoms with Gasteiger partial charge in [-0.1, -0.05) is 12.5 Å². The van der Waals surface area contributed by atoms with E-state index in [2.05, 4.69) is 28.4 Å². The van der Waals surface area contributed by atoms with Crippen molar-refractivity contribution in [2.24, 2.45) is 5.92 Å². The van der Waals surface area contributed by atoms with Crippen LogP contribution in [0.4, 0.5) is 10.2 Å². The smallest absolute Gasteiger partial charge is 0.246 e. The predicted octanol–water partition coefficient (Wildman–Crippen LogP) is 3.47. The third kappa shape index (κ3) is 3.91. The number of nitrogens with zero attached hydrogens (tertiary/aromatic N) is 6. The Morgan fingerprint density at radius 1 is 1.24 bits per heavy atom. The van der Waals surface area contributed by atoms with Crippen LogP contribution in [0.25, 0.3) is 21.9 Å². The highest BCUT2D eigenvalue weighted by atomic mass is 19.1. The zero-order chi connectivity index (χ0) is 26.6. The lowest BCUT2D eigenvalue weighted by molar-refractivity contribution is -0.125. The number of pyridine rings is 1. The maximum Gasteiger partial charge on any atom is 0.246 e. The number of benzene rings is 1. The van der Waals surface area contributed by atoms with Gasteiger partial charge in [-0.25, -0.2) is 14.4 Å². The molecule has 2 N–H and O–H groups in total. The first-order valence-electron chi connectivity index (χ1n) is 12.7. The fourth-order valence-corrected chi connectivity index (χ4v) is 5.12. The second kappa shape index (κ2) is 9.10. The van der Waals surface area contributed by atoms with Crippen LogP contribution in [-0.2, 0) is 11.3 Å². The molecule has 1 aliphatic carbocycles. The van der Waals surface area contributed by atoms with Gasteiger partial charge in [0, 0.05) is 37.8 Å². The number of rotatable bonds is 5. The van der Waals surface area contributed by atoms with Gasteiger partial charge >= 0.3 is 0 Å². The summed E-state index contributed by atoms with van der Waals surface area (Å²) >= 11 is 0. The summed E-state index contributed by atoms with van der Waals surface area (Å²) in [7, 11) is 0. The number of nitrogens with two attached hydrogens (primary N) is 1. The highest BCUT2D eigenvalue weighted by Gasteiger charge is 2.35. The Morgan fingerprint density at radius 3 is 2.79 bits per heavy atom. The highest BCUT2D eigenvalue weighted by molar-refractivity contribution is 6.11. The SMILES string of the molecule is C=CC(=O)N1CC[C@H](n2nc(C#Cc3cc4ncn(CC)c4cc3F)c3c(N)ncc(C(=O)C4CC4)c32)C1. The highest BCUT2D eigenvalue weighted by Crippen LogP contribution is 2.37. The molecule has 9 nitrogen and oxygen atoms in total. The molecule has 3 aromatic heterocycles. The Kier molecular flexibility index (Phi) is 5.71. The van der Waals surface area contributed by atoms with Crippen LogP contribution in [0.15, 0.2) is 37.3 Å². The number of amides is 1. The lowest BCUT2D eigenvalue weighted by Gasteiger charge is -2.16. The summed E-state index contributed by atoms with van der Waals surface area (Å²) in [5.74, 6) is 5.42. The zero-order valence-electron chi connectivity index (χ0n) is 20.9. The van der Waals surface area contributed by atoms with Gasteiger partial charge in [-0.05, 0) is 44.2 Å². The number of aryl methyl sites for hydroxylation is 1. The van der Waals surface area contributed by atoms with E-state index in [0.717, 1.165) is 12.8 Å². The number of hydrogen-bond acceptors (Lipinski definition) is 6. The van der Waals surface area contributed by atoms with E-state index in [4.69, 9.17) is 10.8 Å². The predicted molar refractivity (Wildman–Crippen MR) is 141 cm³/mol. The van der Waals surface area contributed by atoms with Crippen LogP contribution in [0, 0.1) is 23.6 Å². The third-order valence-corrected chi connectivity index (χ3v) is 7.33. The lowest BCUT2D eigenvalue weighted by atomic mass is 10.0. The minimum Gasteiger partial charge on any atom is -0.383 e. The second-order valence-electron chi connectivity index (χ2n) is 9.74. The first-order chi connectivity index (χ1) is 18.4. The Morgan fingerprint density at radius 2 is 2.05 bits per heavy atom. The zero-order valence-corrected chi connectivity index (χ0v) is 20.9. The maximum atomic E-state index is 15.0. The fourth-order valence-electron chi connectivity index (χ4n) is 5.12. The van der Waals surface area contributed by atoms with Crippen LogP contribution in [0.2, 0.25) is 0 Å². The number of carbonyl (C=O) groups excluding carboxylic acids is 2. The molecular weight excluding hydrogens is 485 g/mol. The van der Waals surface area contributed by atoms with Gasteiger partial charge in [0.25, 0.3) is 0 Å². The Labute approximate surface area is 218 Å². The number of fused-ring (bicyclic) bond motifs is 2. The van der Waals surface area contributed by atoms with Crippen LogP contribution in [0.5, 0.6) is 0 Å². The molecule has 2 aliphatic rings. The molecule has 1 aliphatic heterocycles. The molecule has 38 heavy (non-hydrogen) atoms. The molecule has 0 unspecified atom stereocenters.